The second-order valence-electron chi connectivity index (χ2n) is 5.30. The van der Waals surface area contributed by atoms with Gasteiger partial charge in [-0.2, -0.15) is 0 Å². The number of carbonyl (C=O) groups is 1. The van der Waals surface area contributed by atoms with Gasteiger partial charge in [-0.15, -0.1) is 0 Å². The average molecular weight is 269 g/mol. The number of carbonyl (C=O) groups excluding carboxylic acids is 1. The Labute approximate surface area is 113 Å². The largest absolute Gasteiger partial charge is 0.360 e. The molecule has 0 spiro atoms. The Morgan fingerprint density at radius 3 is 2.78 bits per heavy atom. The first-order valence-electron chi connectivity index (χ1n) is 6.88. The number of hydrogen-bond donors (Lipinski definition) is 2. The van der Waals surface area contributed by atoms with E-state index >= 15 is 0 Å². The Kier molecular flexibility index (Phi) is 4.54. The van der Waals surface area contributed by atoms with E-state index in [2.05, 4.69) is 24.5 Å². The summed E-state index contributed by atoms with van der Waals surface area (Å²) in [5.41, 5.74) is 0.399. The van der Waals surface area contributed by atoms with Crippen LogP contribution in [0.4, 0.5) is 0 Å². The molecule has 0 saturated carbocycles. The van der Waals surface area contributed by atoms with Crippen molar-refractivity contribution in [2.24, 2.45) is 10.4 Å². The summed E-state index contributed by atoms with van der Waals surface area (Å²) in [5, 5.41) is 7.42. The van der Waals surface area contributed by atoms with Crippen molar-refractivity contribution < 1.29 is 4.79 Å². The van der Waals surface area contributed by atoms with Crippen LogP contribution < -0.4 is 10.6 Å². The summed E-state index contributed by atoms with van der Waals surface area (Å²) in [4.78, 5) is 15.8. The Bertz CT molecular complexity index is 329. The van der Waals surface area contributed by atoms with Crippen LogP contribution in [0.5, 0.6) is 0 Å². The van der Waals surface area contributed by atoms with E-state index in [9.17, 15) is 4.79 Å². The lowest BCUT2D eigenvalue weighted by Crippen LogP contribution is -2.48. The van der Waals surface area contributed by atoms with Gasteiger partial charge in [0.25, 0.3) is 0 Å². The SMILES string of the molecule is CCC1(CC)CN=C(NC2CCC(=O)NC2)SC1. The molecule has 18 heavy (non-hydrogen) atoms. The van der Waals surface area contributed by atoms with Crippen LogP contribution in [0.2, 0.25) is 0 Å². The maximum atomic E-state index is 11.1. The second-order valence-corrected chi connectivity index (χ2v) is 6.27. The van der Waals surface area contributed by atoms with Crippen molar-refractivity contribution in [1.29, 1.82) is 0 Å². The summed E-state index contributed by atoms with van der Waals surface area (Å²) in [6.07, 6.45) is 3.95. The number of thioether (sulfide) groups is 1. The first-order valence-corrected chi connectivity index (χ1v) is 7.86. The third kappa shape index (κ3) is 3.19. The zero-order valence-corrected chi connectivity index (χ0v) is 12.1. The van der Waals surface area contributed by atoms with E-state index in [0.717, 1.165) is 30.4 Å². The van der Waals surface area contributed by atoms with Crippen LogP contribution in [-0.4, -0.2) is 36.0 Å². The van der Waals surface area contributed by atoms with Crippen LogP contribution in [0.3, 0.4) is 0 Å². The van der Waals surface area contributed by atoms with Crippen LogP contribution >= 0.6 is 11.8 Å². The molecule has 0 aromatic carbocycles. The van der Waals surface area contributed by atoms with E-state index in [1.807, 2.05) is 11.8 Å². The number of nitrogens with zero attached hydrogens (tertiary/aromatic N) is 1. The second kappa shape index (κ2) is 5.95. The van der Waals surface area contributed by atoms with Crippen LogP contribution in [0.25, 0.3) is 0 Å². The minimum atomic E-state index is 0.169. The molecule has 2 heterocycles. The number of amidine groups is 1. The van der Waals surface area contributed by atoms with E-state index < -0.39 is 0 Å². The standard InChI is InChI=1S/C13H23N3OS/c1-3-13(4-2)8-15-12(18-9-13)16-10-5-6-11(17)14-7-10/h10H,3-9H2,1-2H3,(H,14,17)(H,15,16). The number of hydrogen-bond acceptors (Lipinski definition) is 4. The summed E-state index contributed by atoms with van der Waals surface area (Å²) in [6, 6.07) is 0.352. The monoisotopic (exact) mass is 269 g/mol. The molecule has 0 bridgehead atoms. The zero-order chi connectivity index (χ0) is 13.0. The molecule has 1 amide bonds. The minimum Gasteiger partial charge on any atom is -0.360 e. The summed E-state index contributed by atoms with van der Waals surface area (Å²) in [7, 11) is 0. The zero-order valence-electron chi connectivity index (χ0n) is 11.3. The third-order valence-corrected chi connectivity index (χ3v) is 5.44. The van der Waals surface area contributed by atoms with E-state index in [1.54, 1.807) is 0 Å². The predicted molar refractivity (Wildman–Crippen MR) is 76.9 cm³/mol. The maximum Gasteiger partial charge on any atom is 0.220 e. The van der Waals surface area contributed by atoms with Gasteiger partial charge in [-0.05, 0) is 24.7 Å². The Morgan fingerprint density at radius 2 is 2.28 bits per heavy atom. The van der Waals surface area contributed by atoms with Crippen LogP contribution in [-0.2, 0) is 4.79 Å². The fourth-order valence-corrected chi connectivity index (χ4v) is 3.70. The third-order valence-electron chi connectivity index (χ3n) is 4.17. The molecule has 1 fully saturated rings. The van der Waals surface area contributed by atoms with Gasteiger partial charge in [0.15, 0.2) is 5.17 Å². The molecule has 0 aromatic rings. The maximum absolute atomic E-state index is 11.1. The van der Waals surface area contributed by atoms with Gasteiger partial charge in [0, 0.05) is 31.3 Å². The molecule has 2 N–H and O–H groups in total. The summed E-state index contributed by atoms with van der Waals surface area (Å²) < 4.78 is 0. The van der Waals surface area contributed by atoms with E-state index in [1.165, 1.54) is 12.8 Å². The van der Waals surface area contributed by atoms with E-state index in [-0.39, 0.29) is 5.91 Å². The van der Waals surface area contributed by atoms with Gasteiger partial charge in [-0.1, -0.05) is 25.6 Å². The van der Waals surface area contributed by atoms with Crippen LogP contribution in [0.15, 0.2) is 4.99 Å². The first kappa shape index (κ1) is 13.7. The van der Waals surface area contributed by atoms with Gasteiger partial charge >= 0.3 is 0 Å². The molecule has 0 radical (unpaired) electrons. The first-order chi connectivity index (χ1) is 8.67. The van der Waals surface area contributed by atoms with Gasteiger partial charge in [-0.3, -0.25) is 9.79 Å². The highest BCUT2D eigenvalue weighted by molar-refractivity contribution is 8.13. The van der Waals surface area contributed by atoms with Gasteiger partial charge < -0.3 is 10.6 Å². The quantitative estimate of drug-likeness (QED) is 0.821. The summed E-state index contributed by atoms with van der Waals surface area (Å²) in [6.45, 7) is 6.18. The minimum absolute atomic E-state index is 0.169. The molecule has 1 saturated heterocycles. The highest BCUT2D eigenvalue weighted by Gasteiger charge is 2.31. The number of amides is 1. The van der Waals surface area contributed by atoms with E-state index in [4.69, 9.17) is 4.99 Å². The molecule has 1 unspecified atom stereocenters. The molecule has 2 aliphatic rings. The fourth-order valence-electron chi connectivity index (χ4n) is 2.35. The number of piperidine rings is 1. The summed E-state index contributed by atoms with van der Waals surface area (Å²) >= 11 is 1.84. The average Bonchev–Trinajstić information content (AvgIpc) is 2.43. The molecular formula is C13H23N3OS. The van der Waals surface area contributed by atoms with Crippen LogP contribution in [0.1, 0.15) is 39.5 Å². The van der Waals surface area contributed by atoms with Crippen LogP contribution in [0, 0.1) is 5.41 Å². The lowest BCUT2D eigenvalue weighted by molar-refractivity contribution is -0.122. The number of aliphatic imine (C=N–C) groups is 1. The molecule has 2 aliphatic heterocycles. The van der Waals surface area contributed by atoms with Crippen molar-refractivity contribution in [1.82, 2.24) is 10.6 Å². The molecule has 4 nitrogen and oxygen atoms in total. The number of rotatable bonds is 3. The fraction of sp³-hybridized carbons (Fsp3) is 0.846. The smallest absolute Gasteiger partial charge is 0.220 e. The molecule has 0 aliphatic carbocycles. The Hall–Kier alpha value is -0.710. The van der Waals surface area contributed by atoms with Crippen molar-refractivity contribution in [3.63, 3.8) is 0 Å². The normalized spacial score (nSPS) is 27.3. The Morgan fingerprint density at radius 1 is 1.50 bits per heavy atom. The Balaban J connectivity index is 1.85. The molecule has 2 rings (SSSR count). The van der Waals surface area contributed by atoms with E-state index in [0.29, 0.717) is 17.9 Å². The van der Waals surface area contributed by atoms with Crippen molar-refractivity contribution in [2.75, 3.05) is 18.8 Å². The highest BCUT2D eigenvalue weighted by atomic mass is 32.2. The molecular weight excluding hydrogens is 246 g/mol. The van der Waals surface area contributed by atoms with Gasteiger partial charge in [0.2, 0.25) is 5.91 Å². The number of nitrogens with one attached hydrogen (secondary N) is 2. The highest BCUT2D eigenvalue weighted by Crippen LogP contribution is 2.34. The molecule has 1 atom stereocenters. The van der Waals surface area contributed by atoms with Crippen molar-refractivity contribution in [3.05, 3.63) is 0 Å². The van der Waals surface area contributed by atoms with Gasteiger partial charge in [-0.25, -0.2) is 0 Å². The molecule has 5 heteroatoms. The lowest BCUT2D eigenvalue weighted by Gasteiger charge is -2.34. The van der Waals surface area contributed by atoms with Gasteiger partial charge in [0.1, 0.15) is 0 Å². The lowest BCUT2D eigenvalue weighted by atomic mass is 9.84. The van der Waals surface area contributed by atoms with Crippen molar-refractivity contribution in [2.45, 2.75) is 45.6 Å². The summed E-state index contributed by atoms with van der Waals surface area (Å²) in [5.74, 6) is 1.33. The molecule has 0 aromatic heterocycles. The van der Waals surface area contributed by atoms with Crippen molar-refractivity contribution in [3.8, 4) is 0 Å². The van der Waals surface area contributed by atoms with Gasteiger partial charge in [0.05, 0.1) is 0 Å². The molecule has 102 valence electrons. The topological polar surface area (TPSA) is 53.5 Å². The predicted octanol–water partition coefficient (Wildman–Crippen LogP) is 1.76. The van der Waals surface area contributed by atoms with Crippen molar-refractivity contribution >= 4 is 22.8 Å².